The van der Waals surface area contributed by atoms with Crippen molar-refractivity contribution < 1.29 is 9.47 Å². The number of H-pyrrole nitrogens is 1. The summed E-state index contributed by atoms with van der Waals surface area (Å²) in [7, 11) is 0. The van der Waals surface area contributed by atoms with E-state index in [1.165, 1.54) is 0 Å². The van der Waals surface area contributed by atoms with Gasteiger partial charge in [-0.3, -0.25) is 0 Å². The molecule has 0 bridgehead atoms. The van der Waals surface area contributed by atoms with Gasteiger partial charge >= 0.3 is 0 Å². The highest BCUT2D eigenvalue weighted by molar-refractivity contribution is 5.68. The molecule has 1 aliphatic heterocycles. The highest BCUT2D eigenvalue weighted by atomic mass is 16.5. The van der Waals surface area contributed by atoms with Gasteiger partial charge in [0.1, 0.15) is 17.2 Å². The molecule has 1 saturated carbocycles. The van der Waals surface area contributed by atoms with E-state index in [0.29, 0.717) is 44.3 Å². The van der Waals surface area contributed by atoms with Crippen LogP contribution in [0.25, 0.3) is 11.3 Å². The van der Waals surface area contributed by atoms with Gasteiger partial charge in [-0.25, -0.2) is 9.97 Å². The standard InChI is InChI=1S/C31H44N10O2/c1-21-17-33-28(16-25(21)26-6-5-7-27(37-26)34-20-31(19-32)12-14-42-15-13-31)36-24-10-8-23(9-11-24)35-22(2)18-43-30(3,4)29-38-40-41-39-29/h5-7,16-17,22-24,35H,8-15,18,20H2,1-4H3,(H,33,36)(H,34,37)(H,38,39,40,41)/t22-,23?,24?/m0/s1. The van der Waals surface area contributed by atoms with E-state index in [-0.39, 0.29) is 6.04 Å². The van der Waals surface area contributed by atoms with Crippen LogP contribution in [-0.2, 0) is 15.1 Å². The summed E-state index contributed by atoms with van der Waals surface area (Å²) in [6.45, 7) is 10.5. The molecule has 230 valence electrons. The van der Waals surface area contributed by atoms with E-state index >= 15 is 0 Å². The van der Waals surface area contributed by atoms with Gasteiger partial charge in [-0.05, 0) is 90.0 Å². The first-order valence-electron chi connectivity index (χ1n) is 15.3. The molecular formula is C31H44N10O2. The molecule has 0 aromatic carbocycles. The minimum absolute atomic E-state index is 0.210. The van der Waals surface area contributed by atoms with Crippen LogP contribution in [0.3, 0.4) is 0 Å². The summed E-state index contributed by atoms with van der Waals surface area (Å²) in [5.74, 6) is 2.19. The number of aryl methyl sites for hydroxylation is 1. The Labute approximate surface area is 253 Å². The SMILES string of the molecule is Cc1cnc(NC2CCC(N[C@@H](C)COC(C)(C)c3nn[nH]n3)CC2)cc1-c1cccc(NCC2(C#N)CCOCC2)n1. The molecule has 3 aromatic rings. The van der Waals surface area contributed by atoms with Gasteiger partial charge in [-0.2, -0.15) is 10.5 Å². The molecular weight excluding hydrogens is 544 g/mol. The maximum absolute atomic E-state index is 9.79. The van der Waals surface area contributed by atoms with Crippen molar-refractivity contribution in [3.63, 3.8) is 0 Å². The van der Waals surface area contributed by atoms with E-state index in [1.807, 2.05) is 38.2 Å². The Hall–Kier alpha value is -3.66. The number of nitrogens with zero attached hydrogens (tertiary/aromatic N) is 6. The fraction of sp³-hybridized carbons (Fsp3) is 0.613. The number of nitriles is 1. The number of tetrazole rings is 1. The highest BCUT2D eigenvalue weighted by Gasteiger charge is 2.33. The quantitative estimate of drug-likeness (QED) is 0.238. The summed E-state index contributed by atoms with van der Waals surface area (Å²) in [5, 5.41) is 34.9. The van der Waals surface area contributed by atoms with Crippen molar-refractivity contribution in [3.8, 4) is 17.3 Å². The molecule has 2 aliphatic rings. The van der Waals surface area contributed by atoms with Gasteiger partial charge in [0.15, 0.2) is 0 Å². The van der Waals surface area contributed by atoms with Crippen LogP contribution in [0.5, 0.6) is 0 Å². The summed E-state index contributed by atoms with van der Waals surface area (Å²) in [5.41, 5.74) is 2.00. The Kier molecular flexibility index (Phi) is 9.85. The Morgan fingerprint density at radius 2 is 1.93 bits per heavy atom. The maximum Gasteiger partial charge on any atom is 0.205 e. The normalized spacial score (nSPS) is 21.1. The molecule has 4 heterocycles. The van der Waals surface area contributed by atoms with Gasteiger partial charge in [-0.15, -0.1) is 10.2 Å². The number of ether oxygens (including phenoxy) is 2. The molecule has 43 heavy (non-hydrogen) atoms. The Bertz CT molecular complexity index is 1360. The van der Waals surface area contributed by atoms with E-state index in [0.717, 1.165) is 67.0 Å². The average Bonchev–Trinajstić information content (AvgIpc) is 3.58. The van der Waals surface area contributed by atoms with E-state index in [2.05, 4.69) is 67.5 Å². The number of rotatable bonds is 12. The number of hydrogen-bond acceptors (Lipinski definition) is 11. The molecule has 4 N–H and O–H groups in total. The van der Waals surface area contributed by atoms with Crippen LogP contribution in [0.15, 0.2) is 30.5 Å². The Morgan fingerprint density at radius 1 is 1.16 bits per heavy atom. The minimum atomic E-state index is -0.594. The molecule has 0 radical (unpaired) electrons. The third-order valence-corrected chi connectivity index (χ3v) is 8.60. The molecule has 12 nitrogen and oxygen atoms in total. The number of aromatic amines is 1. The second-order valence-corrected chi connectivity index (χ2v) is 12.5. The van der Waals surface area contributed by atoms with Crippen LogP contribution < -0.4 is 16.0 Å². The Morgan fingerprint density at radius 3 is 2.65 bits per heavy atom. The van der Waals surface area contributed by atoms with E-state index in [4.69, 9.17) is 14.5 Å². The number of hydrogen-bond donors (Lipinski definition) is 4. The van der Waals surface area contributed by atoms with E-state index < -0.39 is 11.0 Å². The van der Waals surface area contributed by atoms with Crippen molar-refractivity contribution in [2.75, 3.05) is 37.0 Å². The van der Waals surface area contributed by atoms with Crippen LogP contribution in [0.4, 0.5) is 11.6 Å². The van der Waals surface area contributed by atoms with Crippen LogP contribution in [0.2, 0.25) is 0 Å². The minimum Gasteiger partial charge on any atom is -0.381 e. The van der Waals surface area contributed by atoms with Crippen molar-refractivity contribution in [3.05, 3.63) is 41.9 Å². The molecule has 12 heteroatoms. The fourth-order valence-electron chi connectivity index (χ4n) is 5.79. The Balaban J connectivity index is 1.12. The molecule has 1 aliphatic carbocycles. The molecule has 0 unspecified atom stereocenters. The molecule has 1 atom stereocenters. The summed E-state index contributed by atoms with van der Waals surface area (Å²) >= 11 is 0. The number of anilines is 2. The maximum atomic E-state index is 9.79. The smallest absolute Gasteiger partial charge is 0.205 e. The molecule has 2 fully saturated rings. The topological polar surface area (TPSA) is 159 Å². The molecule has 3 aromatic heterocycles. The molecule has 1 saturated heterocycles. The second-order valence-electron chi connectivity index (χ2n) is 12.5. The summed E-state index contributed by atoms with van der Waals surface area (Å²) in [4.78, 5) is 9.57. The van der Waals surface area contributed by atoms with Crippen LogP contribution in [0.1, 0.15) is 70.7 Å². The zero-order chi connectivity index (χ0) is 30.3. The van der Waals surface area contributed by atoms with Crippen LogP contribution >= 0.6 is 0 Å². The average molecular weight is 589 g/mol. The number of nitrogens with one attached hydrogen (secondary N) is 4. The van der Waals surface area contributed by atoms with Crippen molar-refractivity contribution in [2.45, 2.75) is 89.9 Å². The largest absolute Gasteiger partial charge is 0.381 e. The van der Waals surface area contributed by atoms with E-state index in [1.54, 1.807) is 0 Å². The third kappa shape index (κ3) is 8.04. The summed E-state index contributed by atoms with van der Waals surface area (Å²) in [6.07, 6.45) is 7.68. The molecule has 0 amide bonds. The van der Waals surface area contributed by atoms with Crippen LogP contribution in [-0.4, -0.2) is 75.1 Å². The summed E-state index contributed by atoms with van der Waals surface area (Å²) < 4.78 is 11.6. The third-order valence-electron chi connectivity index (χ3n) is 8.60. The lowest BCUT2D eigenvalue weighted by Gasteiger charge is -2.33. The lowest BCUT2D eigenvalue weighted by molar-refractivity contribution is -0.0379. The lowest BCUT2D eigenvalue weighted by atomic mass is 9.82. The van der Waals surface area contributed by atoms with Crippen molar-refractivity contribution in [1.29, 1.82) is 5.26 Å². The monoisotopic (exact) mass is 588 g/mol. The molecule has 0 spiro atoms. The predicted molar refractivity (Wildman–Crippen MR) is 164 cm³/mol. The van der Waals surface area contributed by atoms with Gasteiger partial charge in [0, 0.05) is 49.6 Å². The highest BCUT2D eigenvalue weighted by Crippen LogP contribution is 2.31. The zero-order valence-electron chi connectivity index (χ0n) is 25.7. The lowest BCUT2D eigenvalue weighted by Crippen LogP contribution is -2.44. The van der Waals surface area contributed by atoms with Gasteiger partial charge in [0.05, 0.1) is 23.8 Å². The van der Waals surface area contributed by atoms with Crippen molar-refractivity contribution >= 4 is 11.6 Å². The second kappa shape index (κ2) is 13.8. The first kappa shape index (κ1) is 30.8. The van der Waals surface area contributed by atoms with E-state index in [9.17, 15) is 5.26 Å². The van der Waals surface area contributed by atoms with Gasteiger partial charge in [0.2, 0.25) is 5.82 Å². The first-order valence-corrected chi connectivity index (χ1v) is 15.3. The zero-order valence-corrected chi connectivity index (χ0v) is 25.7. The molecule has 5 rings (SSSR count). The fourth-order valence-corrected chi connectivity index (χ4v) is 5.79. The van der Waals surface area contributed by atoms with Gasteiger partial charge in [-0.1, -0.05) is 11.3 Å². The predicted octanol–water partition coefficient (Wildman–Crippen LogP) is 4.35. The van der Waals surface area contributed by atoms with Crippen molar-refractivity contribution in [2.24, 2.45) is 5.41 Å². The van der Waals surface area contributed by atoms with Crippen molar-refractivity contribution in [1.82, 2.24) is 35.9 Å². The van der Waals surface area contributed by atoms with Crippen LogP contribution in [0, 0.1) is 23.7 Å². The first-order chi connectivity index (χ1) is 20.7. The van der Waals surface area contributed by atoms with Gasteiger partial charge < -0.3 is 25.4 Å². The number of aromatic nitrogens is 6. The van der Waals surface area contributed by atoms with Gasteiger partial charge in [0.25, 0.3) is 0 Å². The number of pyridine rings is 2. The summed E-state index contributed by atoms with van der Waals surface area (Å²) in [6, 6.07) is 11.6.